The molecule has 3 nitrogen and oxygen atoms in total. The first-order chi connectivity index (χ1) is 9.66. The fraction of sp³-hybridized carbons (Fsp3) is 0.875. The Kier molecular flexibility index (Phi) is 6.27. The van der Waals surface area contributed by atoms with Crippen LogP contribution in [0, 0.1) is 11.8 Å². The van der Waals surface area contributed by atoms with E-state index in [-0.39, 0.29) is 11.9 Å². The van der Waals surface area contributed by atoms with Crippen molar-refractivity contribution < 1.29 is 4.79 Å². The Morgan fingerprint density at radius 3 is 2.30 bits per heavy atom. The zero-order valence-electron chi connectivity index (χ0n) is 12.4. The molecule has 0 aromatic heterocycles. The lowest BCUT2D eigenvalue weighted by Crippen LogP contribution is -2.48. The van der Waals surface area contributed by atoms with Gasteiger partial charge in [0.05, 0.1) is 11.0 Å². The van der Waals surface area contributed by atoms with Crippen LogP contribution in [0.1, 0.15) is 70.6 Å². The number of thiocarbonyl (C=S) groups is 1. The zero-order valence-corrected chi connectivity index (χ0v) is 13.2. The Hall–Kier alpha value is -0.640. The second-order valence-corrected chi connectivity index (χ2v) is 7.01. The Morgan fingerprint density at radius 2 is 1.70 bits per heavy atom. The molecule has 0 aromatic rings. The summed E-state index contributed by atoms with van der Waals surface area (Å²) in [6.07, 6.45) is 13.0. The van der Waals surface area contributed by atoms with Crippen molar-refractivity contribution in [3.05, 3.63) is 0 Å². The maximum atomic E-state index is 12.1. The lowest BCUT2D eigenvalue weighted by Gasteiger charge is -2.30. The van der Waals surface area contributed by atoms with E-state index in [0.29, 0.717) is 17.3 Å². The van der Waals surface area contributed by atoms with Crippen LogP contribution in [0.3, 0.4) is 0 Å². The Labute approximate surface area is 128 Å². The minimum atomic E-state index is -0.0821. The molecule has 0 spiro atoms. The minimum Gasteiger partial charge on any atom is -0.392 e. The summed E-state index contributed by atoms with van der Waals surface area (Å²) in [7, 11) is 0. The largest absolute Gasteiger partial charge is 0.392 e. The summed E-state index contributed by atoms with van der Waals surface area (Å²) < 4.78 is 0. The van der Waals surface area contributed by atoms with Crippen LogP contribution in [0.4, 0.5) is 0 Å². The highest BCUT2D eigenvalue weighted by molar-refractivity contribution is 7.80. The molecule has 2 saturated carbocycles. The monoisotopic (exact) mass is 296 g/mol. The molecule has 3 N–H and O–H groups in total. The van der Waals surface area contributed by atoms with E-state index in [9.17, 15) is 4.79 Å². The van der Waals surface area contributed by atoms with Crippen LogP contribution in [-0.4, -0.2) is 16.9 Å². The van der Waals surface area contributed by atoms with Crippen molar-refractivity contribution in [2.45, 2.75) is 76.7 Å². The van der Waals surface area contributed by atoms with Gasteiger partial charge in [0.15, 0.2) is 0 Å². The SMILES string of the molecule is NC(=S)C(NC(=O)CCC1CCCC1)C1CCCCC1. The maximum absolute atomic E-state index is 12.1. The van der Waals surface area contributed by atoms with Gasteiger partial charge < -0.3 is 11.1 Å². The number of rotatable bonds is 6. The van der Waals surface area contributed by atoms with Crippen molar-refractivity contribution >= 4 is 23.1 Å². The molecule has 1 atom stereocenters. The van der Waals surface area contributed by atoms with E-state index in [1.165, 1.54) is 44.9 Å². The van der Waals surface area contributed by atoms with Gasteiger partial charge in [-0.1, -0.05) is 57.2 Å². The smallest absolute Gasteiger partial charge is 0.220 e. The Bertz CT molecular complexity index is 333. The van der Waals surface area contributed by atoms with E-state index >= 15 is 0 Å². The predicted molar refractivity (Wildman–Crippen MR) is 86.5 cm³/mol. The highest BCUT2D eigenvalue weighted by atomic mass is 32.1. The van der Waals surface area contributed by atoms with Gasteiger partial charge in [-0.2, -0.15) is 0 Å². The third-order valence-electron chi connectivity index (χ3n) is 5.00. The van der Waals surface area contributed by atoms with E-state index in [2.05, 4.69) is 5.32 Å². The van der Waals surface area contributed by atoms with Crippen LogP contribution in [0.2, 0.25) is 0 Å². The zero-order chi connectivity index (χ0) is 14.4. The van der Waals surface area contributed by atoms with E-state index in [1.807, 2.05) is 0 Å². The van der Waals surface area contributed by atoms with Gasteiger partial charge in [0.1, 0.15) is 0 Å². The van der Waals surface area contributed by atoms with Crippen LogP contribution in [0.15, 0.2) is 0 Å². The molecule has 1 amide bonds. The molecule has 1 unspecified atom stereocenters. The minimum absolute atomic E-state index is 0.0821. The van der Waals surface area contributed by atoms with Crippen molar-refractivity contribution in [2.75, 3.05) is 0 Å². The summed E-state index contributed by atoms with van der Waals surface area (Å²) in [5, 5.41) is 3.10. The lowest BCUT2D eigenvalue weighted by molar-refractivity contribution is -0.122. The number of nitrogens with one attached hydrogen (secondary N) is 1. The number of nitrogens with two attached hydrogens (primary N) is 1. The standard InChI is InChI=1S/C16H28N2OS/c17-16(20)15(13-8-2-1-3-9-13)18-14(19)11-10-12-6-4-5-7-12/h12-13,15H,1-11H2,(H2,17,20)(H,18,19). The number of hydrogen-bond acceptors (Lipinski definition) is 2. The van der Waals surface area contributed by atoms with Gasteiger partial charge in [-0.3, -0.25) is 4.79 Å². The summed E-state index contributed by atoms with van der Waals surface area (Å²) in [5.74, 6) is 1.36. The van der Waals surface area contributed by atoms with Crippen LogP contribution in [0.5, 0.6) is 0 Å². The average molecular weight is 296 g/mol. The molecule has 2 rings (SSSR count). The Morgan fingerprint density at radius 1 is 1.10 bits per heavy atom. The number of amides is 1. The van der Waals surface area contributed by atoms with Gasteiger partial charge in [-0.05, 0) is 31.1 Å². The first-order valence-electron chi connectivity index (χ1n) is 8.25. The van der Waals surface area contributed by atoms with E-state index in [0.717, 1.165) is 25.2 Å². The molecule has 2 aliphatic rings. The first-order valence-corrected chi connectivity index (χ1v) is 8.66. The topological polar surface area (TPSA) is 55.1 Å². The molecule has 0 aliphatic heterocycles. The van der Waals surface area contributed by atoms with Crippen molar-refractivity contribution in [3.8, 4) is 0 Å². The molecule has 0 radical (unpaired) electrons. The number of carbonyl (C=O) groups excluding carboxylic acids is 1. The van der Waals surface area contributed by atoms with Crippen molar-refractivity contribution in [1.82, 2.24) is 5.32 Å². The van der Waals surface area contributed by atoms with Crippen molar-refractivity contribution in [2.24, 2.45) is 17.6 Å². The van der Waals surface area contributed by atoms with Gasteiger partial charge >= 0.3 is 0 Å². The average Bonchev–Trinajstić information content (AvgIpc) is 2.96. The fourth-order valence-corrected chi connectivity index (χ4v) is 4.02. The Balaban J connectivity index is 1.77. The molecule has 4 heteroatoms. The first kappa shape index (κ1) is 15.7. The summed E-state index contributed by atoms with van der Waals surface area (Å²) in [6.45, 7) is 0. The van der Waals surface area contributed by atoms with Gasteiger partial charge in [0, 0.05) is 6.42 Å². The molecule has 0 saturated heterocycles. The van der Waals surface area contributed by atoms with Crippen LogP contribution < -0.4 is 11.1 Å². The highest BCUT2D eigenvalue weighted by Crippen LogP contribution is 2.29. The molecule has 0 bridgehead atoms. The highest BCUT2D eigenvalue weighted by Gasteiger charge is 2.27. The molecule has 0 heterocycles. The fourth-order valence-electron chi connectivity index (χ4n) is 3.77. The molecular weight excluding hydrogens is 268 g/mol. The quantitative estimate of drug-likeness (QED) is 0.739. The number of carbonyl (C=O) groups is 1. The van der Waals surface area contributed by atoms with Gasteiger partial charge in [0.2, 0.25) is 5.91 Å². The van der Waals surface area contributed by atoms with Crippen molar-refractivity contribution in [3.63, 3.8) is 0 Å². The third kappa shape index (κ3) is 4.72. The molecular formula is C16H28N2OS. The van der Waals surface area contributed by atoms with Crippen molar-refractivity contribution in [1.29, 1.82) is 0 Å². The summed E-state index contributed by atoms with van der Waals surface area (Å²) in [4.78, 5) is 12.6. The number of hydrogen-bond donors (Lipinski definition) is 2. The molecule has 0 aromatic carbocycles. The van der Waals surface area contributed by atoms with Gasteiger partial charge in [-0.15, -0.1) is 0 Å². The molecule has 114 valence electrons. The van der Waals surface area contributed by atoms with E-state index in [4.69, 9.17) is 18.0 Å². The van der Waals surface area contributed by atoms with Gasteiger partial charge in [0.25, 0.3) is 0 Å². The predicted octanol–water partition coefficient (Wildman–Crippen LogP) is 3.31. The second kappa shape index (κ2) is 7.96. The maximum Gasteiger partial charge on any atom is 0.220 e. The summed E-state index contributed by atoms with van der Waals surface area (Å²) in [5.41, 5.74) is 5.85. The normalized spacial score (nSPS) is 22.6. The molecule has 2 fully saturated rings. The third-order valence-corrected chi connectivity index (χ3v) is 5.25. The summed E-state index contributed by atoms with van der Waals surface area (Å²) >= 11 is 5.17. The lowest BCUT2D eigenvalue weighted by atomic mass is 9.83. The van der Waals surface area contributed by atoms with E-state index < -0.39 is 0 Å². The summed E-state index contributed by atoms with van der Waals surface area (Å²) in [6, 6.07) is -0.0821. The van der Waals surface area contributed by atoms with Crippen LogP contribution >= 0.6 is 12.2 Å². The van der Waals surface area contributed by atoms with Crippen LogP contribution in [0.25, 0.3) is 0 Å². The van der Waals surface area contributed by atoms with Gasteiger partial charge in [-0.25, -0.2) is 0 Å². The molecule has 20 heavy (non-hydrogen) atoms. The second-order valence-electron chi connectivity index (χ2n) is 6.53. The van der Waals surface area contributed by atoms with Crippen LogP contribution in [-0.2, 0) is 4.79 Å². The molecule has 2 aliphatic carbocycles. The van der Waals surface area contributed by atoms with E-state index in [1.54, 1.807) is 0 Å².